The van der Waals surface area contributed by atoms with Gasteiger partial charge in [0.1, 0.15) is 0 Å². The van der Waals surface area contributed by atoms with Crippen molar-refractivity contribution in [2.75, 3.05) is 6.79 Å². The lowest BCUT2D eigenvalue weighted by Crippen LogP contribution is -2.03. The Balaban J connectivity index is 2.53. The number of alkyl halides is 3. The molecule has 0 radical (unpaired) electrons. The van der Waals surface area contributed by atoms with Crippen molar-refractivity contribution >= 4 is 31.9 Å². The van der Waals surface area contributed by atoms with Gasteiger partial charge in [-0.05, 0) is 28.1 Å². The molecule has 0 atom stereocenters. The first kappa shape index (κ1) is 10.2. The minimum atomic E-state index is -3.08. The lowest BCUT2D eigenvalue weighted by atomic mass is 10.2. The number of rotatable bonds is 1. The van der Waals surface area contributed by atoms with Gasteiger partial charge in [-0.2, -0.15) is 8.78 Å². The summed E-state index contributed by atoms with van der Waals surface area (Å²) in [6.45, 7) is 0.0685. The summed E-state index contributed by atoms with van der Waals surface area (Å²) < 4.78 is 36.3. The Labute approximate surface area is 95.4 Å². The van der Waals surface area contributed by atoms with E-state index in [4.69, 9.17) is 9.47 Å². The molecule has 14 heavy (non-hydrogen) atoms. The number of ether oxygens (including phenoxy) is 2. The highest BCUT2D eigenvalue weighted by Crippen LogP contribution is 2.45. The molecule has 1 aromatic carbocycles. The number of fused-ring (bicyclic) bond motifs is 1. The first-order chi connectivity index (χ1) is 6.48. The Morgan fingerprint density at radius 3 is 2.36 bits per heavy atom. The molecule has 1 heterocycles. The van der Waals surface area contributed by atoms with Crippen LogP contribution in [-0.2, 0) is 4.83 Å². The van der Waals surface area contributed by atoms with Gasteiger partial charge in [0.05, 0.1) is 5.56 Å². The molecule has 0 spiro atoms. The zero-order valence-electron chi connectivity index (χ0n) is 6.69. The summed E-state index contributed by atoms with van der Waals surface area (Å²) in [4.78, 5) is -3.08. The van der Waals surface area contributed by atoms with E-state index in [1.54, 1.807) is 0 Å². The van der Waals surface area contributed by atoms with Gasteiger partial charge in [0.15, 0.2) is 11.5 Å². The van der Waals surface area contributed by atoms with Crippen LogP contribution in [0.25, 0.3) is 0 Å². The SMILES string of the molecule is FC(F)(Br)c1cc2c(cc1Br)OCO2. The van der Waals surface area contributed by atoms with Gasteiger partial charge in [-0.25, -0.2) is 0 Å². The van der Waals surface area contributed by atoms with Crippen LogP contribution in [0, 0.1) is 0 Å². The first-order valence-electron chi connectivity index (χ1n) is 3.65. The fourth-order valence-electron chi connectivity index (χ4n) is 1.13. The van der Waals surface area contributed by atoms with E-state index in [-0.39, 0.29) is 16.8 Å². The maximum atomic E-state index is 13.0. The Bertz CT molecular complexity index is 376. The molecule has 2 rings (SSSR count). The monoisotopic (exact) mass is 328 g/mol. The molecule has 0 amide bonds. The summed E-state index contributed by atoms with van der Waals surface area (Å²) in [5, 5.41) is 0. The number of hydrogen-bond acceptors (Lipinski definition) is 2. The van der Waals surface area contributed by atoms with E-state index in [1.807, 2.05) is 0 Å². The molecule has 0 N–H and O–H groups in total. The Hall–Kier alpha value is -0.360. The van der Waals surface area contributed by atoms with Crippen LogP contribution in [0.3, 0.4) is 0 Å². The lowest BCUT2D eigenvalue weighted by molar-refractivity contribution is 0.113. The van der Waals surface area contributed by atoms with Gasteiger partial charge < -0.3 is 9.47 Å². The molecule has 0 aromatic heterocycles. The van der Waals surface area contributed by atoms with Gasteiger partial charge in [-0.3, -0.25) is 0 Å². The van der Waals surface area contributed by atoms with Crippen LogP contribution in [0.2, 0.25) is 0 Å². The molecular formula is C8H4Br2F2O2. The molecule has 6 heteroatoms. The zero-order chi connectivity index (χ0) is 10.3. The fraction of sp³-hybridized carbons (Fsp3) is 0.250. The summed E-state index contributed by atoms with van der Waals surface area (Å²) in [7, 11) is 0. The van der Waals surface area contributed by atoms with E-state index in [9.17, 15) is 8.78 Å². The number of benzene rings is 1. The van der Waals surface area contributed by atoms with Crippen LogP contribution in [0.1, 0.15) is 5.56 Å². The smallest absolute Gasteiger partial charge is 0.327 e. The average molecular weight is 330 g/mol. The van der Waals surface area contributed by atoms with Crippen molar-refractivity contribution < 1.29 is 18.3 Å². The van der Waals surface area contributed by atoms with Gasteiger partial charge in [-0.15, -0.1) is 0 Å². The van der Waals surface area contributed by atoms with Crippen molar-refractivity contribution in [3.63, 3.8) is 0 Å². The van der Waals surface area contributed by atoms with Crippen molar-refractivity contribution in [1.29, 1.82) is 0 Å². The highest BCUT2D eigenvalue weighted by molar-refractivity contribution is 9.11. The normalized spacial score (nSPS) is 14.6. The van der Waals surface area contributed by atoms with E-state index in [2.05, 4.69) is 31.9 Å². The average Bonchev–Trinajstić information content (AvgIpc) is 2.47. The second-order valence-electron chi connectivity index (χ2n) is 2.68. The van der Waals surface area contributed by atoms with Crippen LogP contribution in [0.15, 0.2) is 16.6 Å². The summed E-state index contributed by atoms with van der Waals surface area (Å²) in [6.07, 6.45) is 0. The third kappa shape index (κ3) is 1.72. The maximum Gasteiger partial charge on any atom is 0.327 e. The Morgan fingerprint density at radius 1 is 1.21 bits per heavy atom. The summed E-state index contributed by atoms with van der Waals surface area (Å²) in [6, 6.07) is 2.72. The van der Waals surface area contributed by atoms with Crippen LogP contribution in [0.5, 0.6) is 11.5 Å². The molecule has 76 valence electrons. The molecule has 0 aliphatic carbocycles. The molecule has 0 saturated carbocycles. The van der Waals surface area contributed by atoms with Gasteiger partial charge in [0.25, 0.3) is 0 Å². The summed E-state index contributed by atoms with van der Waals surface area (Å²) in [5.41, 5.74) is -0.179. The number of halogens is 4. The first-order valence-corrected chi connectivity index (χ1v) is 5.23. The quantitative estimate of drug-likeness (QED) is 0.733. The second-order valence-corrected chi connectivity index (χ2v) is 4.53. The third-order valence-corrected chi connectivity index (χ3v) is 2.85. The molecule has 0 bridgehead atoms. The standard InChI is InChI=1S/C8H4Br2F2O2/c9-5-2-7-6(13-3-14-7)1-4(5)8(10,11)12/h1-2H,3H2. The van der Waals surface area contributed by atoms with E-state index in [0.29, 0.717) is 11.5 Å². The molecule has 0 saturated heterocycles. The predicted molar refractivity (Wildman–Crippen MR) is 53.1 cm³/mol. The fourth-order valence-corrected chi connectivity index (χ4v) is 2.30. The second kappa shape index (κ2) is 3.34. The number of hydrogen-bond donors (Lipinski definition) is 0. The van der Waals surface area contributed by atoms with E-state index < -0.39 is 4.83 Å². The van der Waals surface area contributed by atoms with Crippen LogP contribution < -0.4 is 9.47 Å². The Kier molecular flexibility index (Phi) is 2.43. The van der Waals surface area contributed by atoms with Gasteiger partial charge in [-0.1, -0.05) is 15.9 Å². The Morgan fingerprint density at radius 2 is 1.79 bits per heavy atom. The molecule has 1 aromatic rings. The molecular weight excluding hydrogens is 326 g/mol. The van der Waals surface area contributed by atoms with Crippen LogP contribution in [0.4, 0.5) is 8.78 Å². The van der Waals surface area contributed by atoms with Crippen molar-refractivity contribution in [2.24, 2.45) is 0 Å². The zero-order valence-corrected chi connectivity index (χ0v) is 9.86. The summed E-state index contributed by atoms with van der Waals surface area (Å²) >= 11 is 5.33. The minimum Gasteiger partial charge on any atom is -0.454 e. The van der Waals surface area contributed by atoms with Gasteiger partial charge in [0.2, 0.25) is 6.79 Å². The van der Waals surface area contributed by atoms with E-state index in [1.165, 1.54) is 12.1 Å². The van der Waals surface area contributed by atoms with E-state index in [0.717, 1.165) is 0 Å². The third-order valence-electron chi connectivity index (χ3n) is 1.77. The molecule has 1 aliphatic heterocycles. The lowest BCUT2D eigenvalue weighted by Gasteiger charge is -2.11. The molecule has 2 nitrogen and oxygen atoms in total. The largest absolute Gasteiger partial charge is 0.454 e. The van der Waals surface area contributed by atoms with Crippen molar-refractivity contribution in [3.8, 4) is 11.5 Å². The van der Waals surface area contributed by atoms with Crippen molar-refractivity contribution in [3.05, 3.63) is 22.2 Å². The molecule has 1 aliphatic rings. The molecule has 0 unspecified atom stereocenters. The van der Waals surface area contributed by atoms with Crippen LogP contribution >= 0.6 is 31.9 Å². The van der Waals surface area contributed by atoms with E-state index >= 15 is 0 Å². The van der Waals surface area contributed by atoms with Crippen molar-refractivity contribution in [2.45, 2.75) is 4.83 Å². The van der Waals surface area contributed by atoms with Gasteiger partial charge >= 0.3 is 4.83 Å². The van der Waals surface area contributed by atoms with Crippen LogP contribution in [-0.4, -0.2) is 6.79 Å². The highest BCUT2D eigenvalue weighted by atomic mass is 79.9. The molecule has 0 fully saturated rings. The van der Waals surface area contributed by atoms with Gasteiger partial charge in [0, 0.05) is 4.47 Å². The maximum absolute atomic E-state index is 13.0. The minimum absolute atomic E-state index is 0.0685. The summed E-state index contributed by atoms with van der Waals surface area (Å²) in [5.74, 6) is 0.805. The highest BCUT2D eigenvalue weighted by Gasteiger charge is 2.32. The topological polar surface area (TPSA) is 18.5 Å². The predicted octanol–water partition coefficient (Wildman–Crippen LogP) is 3.62. The van der Waals surface area contributed by atoms with Crippen molar-refractivity contribution in [1.82, 2.24) is 0 Å².